The lowest BCUT2D eigenvalue weighted by molar-refractivity contribution is 0.0481. The van der Waals surface area contributed by atoms with Crippen LogP contribution in [0.25, 0.3) is 0 Å². The molecule has 2 rings (SSSR count). The molecule has 0 aromatic heterocycles. The van der Waals surface area contributed by atoms with Crippen LogP contribution >= 0.6 is 0 Å². The van der Waals surface area contributed by atoms with E-state index < -0.39 is 5.60 Å². The van der Waals surface area contributed by atoms with Gasteiger partial charge in [-0.25, -0.2) is 4.39 Å². The number of hydrogen-bond donors (Lipinski definition) is 2. The molecule has 1 aliphatic rings. The maximum atomic E-state index is 13.8. The molecule has 1 aromatic rings. The Kier molecular flexibility index (Phi) is 3.24. The van der Waals surface area contributed by atoms with Gasteiger partial charge in [0.15, 0.2) is 0 Å². The molecular weight excluding hydrogens is 219 g/mol. The van der Waals surface area contributed by atoms with Crippen LogP contribution in [0, 0.1) is 5.82 Å². The standard InChI is InChI=1S/C13H19FN2O/c1-13(17)5-2-7-16(8-6-13)12-4-3-10(15)9-11(12)14/h3-4,9,17H,2,5-8,15H2,1H3. The first-order valence-corrected chi connectivity index (χ1v) is 6.00. The fourth-order valence-electron chi connectivity index (χ4n) is 2.28. The van der Waals surface area contributed by atoms with Gasteiger partial charge in [-0.2, -0.15) is 0 Å². The van der Waals surface area contributed by atoms with E-state index in [-0.39, 0.29) is 5.82 Å². The zero-order valence-electron chi connectivity index (χ0n) is 10.1. The van der Waals surface area contributed by atoms with Crippen LogP contribution in [0.15, 0.2) is 18.2 Å². The first-order chi connectivity index (χ1) is 7.98. The number of hydrogen-bond acceptors (Lipinski definition) is 3. The van der Waals surface area contributed by atoms with Gasteiger partial charge in [0.2, 0.25) is 0 Å². The molecule has 1 unspecified atom stereocenters. The molecule has 0 bridgehead atoms. The van der Waals surface area contributed by atoms with E-state index in [4.69, 9.17) is 5.73 Å². The zero-order chi connectivity index (χ0) is 12.5. The number of halogens is 1. The highest BCUT2D eigenvalue weighted by Crippen LogP contribution is 2.27. The number of rotatable bonds is 1. The summed E-state index contributed by atoms with van der Waals surface area (Å²) in [5.74, 6) is -0.286. The van der Waals surface area contributed by atoms with Crippen LogP contribution in [0.1, 0.15) is 26.2 Å². The van der Waals surface area contributed by atoms with Crippen LogP contribution in [-0.4, -0.2) is 23.8 Å². The lowest BCUT2D eigenvalue weighted by atomic mass is 9.98. The second kappa shape index (κ2) is 4.53. The Labute approximate surface area is 101 Å². The van der Waals surface area contributed by atoms with Crippen molar-refractivity contribution in [1.82, 2.24) is 0 Å². The average molecular weight is 238 g/mol. The highest BCUT2D eigenvalue weighted by atomic mass is 19.1. The molecular formula is C13H19FN2O. The number of benzene rings is 1. The Balaban J connectivity index is 2.17. The molecule has 1 heterocycles. The summed E-state index contributed by atoms with van der Waals surface area (Å²) in [4.78, 5) is 1.98. The van der Waals surface area contributed by atoms with Crippen molar-refractivity contribution in [1.29, 1.82) is 0 Å². The van der Waals surface area contributed by atoms with Crippen LogP contribution in [-0.2, 0) is 0 Å². The molecule has 94 valence electrons. The normalized spacial score (nSPS) is 25.7. The van der Waals surface area contributed by atoms with Crippen molar-refractivity contribution in [2.24, 2.45) is 0 Å². The fraction of sp³-hybridized carbons (Fsp3) is 0.538. The maximum absolute atomic E-state index is 13.8. The molecule has 1 fully saturated rings. The van der Waals surface area contributed by atoms with Gasteiger partial charge in [-0.15, -0.1) is 0 Å². The zero-order valence-corrected chi connectivity index (χ0v) is 10.1. The Morgan fingerprint density at radius 1 is 1.35 bits per heavy atom. The van der Waals surface area contributed by atoms with Crippen LogP contribution in [0.2, 0.25) is 0 Å². The van der Waals surface area contributed by atoms with E-state index in [1.54, 1.807) is 12.1 Å². The lowest BCUT2D eigenvalue weighted by Gasteiger charge is -2.24. The van der Waals surface area contributed by atoms with Gasteiger partial charge in [0, 0.05) is 18.8 Å². The molecule has 0 aliphatic carbocycles. The molecule has 1 aliphatic heterocycles. The third-order valence-corrected chi connectivity index (χ3v) is 3.38. The highest BCUT2D eigenvalue weighted by molar-refractivity contribution is 5.54. The van der Waals surface area contributed by atoms with E-state index >= 15 is 0 Å². The molecule has 1 saturated heterocycles. The summed E-state index contributed by atoms with van der Waals surface area (Å²) in [7, 11) is 0. The second-order valence-electron chi connectivity index (χ2n) is 5.05. The van der Waals surface area contributed by atoms with E-state index in [2.05, 4.69) is 0 Å². The molecule has 0 amide bonds. The molecule has 3 N–H and O–H groups in total. The topological polar surface area (TPSA) is 49.5 Å². The van der Waals surface area contributed by atoms with E-state index in [9.17, 15) is 9.50 Å². The Morgan fingerprint density at radius 3 is 2.82 bits per heavy atom. The van der Waals surface area contributed by atoms with Crippen molar-refractivity contribution in [2.45, 2.75) is 31.8 Å². The van der Waals surface area contributed by atoms with E-state index in [1.807, 2.05) is 11.8 Å². The van der Waals surface area contributed by atoms with Gasteiger partial charge in [-0.3, -0.25) is 0 Å². The quantitative estimate of drug-likeness (QED) is 0.737. The average Bonchev–Trinajstić information content (AvgIpc) is 2.40. The first-order valence-electron chi connectivity index (χ1n) is 6.00. The van der Waals surface area contributed by atoms with Crippen LogP contribution < -0.4 is 10.6 Å². The summed E-state index contributed by atoms with van der Waals surface area (Å²) >= 11 is 0. The van der Waals surface area contributed by atoms with Gasteiger partial charge in [0.05, 0.1) is 11.3 Å². The molecule has 0 radical (unpaired) electrons. The van der Waals surface area contributed by atoms with Gasteiger partial charge >= 0.3 is 0 Å². The number of nitrogen functional groups attached to an aromatic ring is 1. The van der Waals surface area contributed by atoms with Crippen LogP contribution in [0.5, 0.6) is 0 Å². The fourth-order valence-corrected chi connectivity index (χ4v) is 2.28. The van der Waals surface area contributed by atoms with E-state index in [0.717, 1.165) is 19.4 Å². The molecule has 1 aromatic carbocycles. The van der Waals surface area contributed by atoms with Crippen molar-refractivity contribution in [2.75, 3.05) is 23.7 Å². The predicted octanol–water partition coefficient (Wildman–Crippen LogP) is 2.15. The molecule has 1 atom stereocenters. The number of nitrogens with zero attached hydrogens (tertiary/aromatic N) is 1. The summed E-state index contributed by atoms with van der Waals surface area (Å²) in [5.41, 5.74) is 5.93. The minimum absolute atomic E-state index is 0.286. The summed E-state index contributed by atoms with van der Waals surface area (Å²) in [6.07, 6.45) is 2.30. The molecule has 0 spiro atoms. The van der Waals surface area contributed by atoms with Gasteiger partial charge < -0.3 is 15.7 Å². The second-order valence-corrected chi connectivity index (χ2v) is 5.05. The van der Waals surface area contributed by atoms with E-state index in [1.165, 1.54) is 6.07 Å². The summed E-state index contributed by atoms with van der Waals surface area (Å²) in [5, 5.41) is 9.99. The van der Waals surface area contributed by atoms with Gasteiger partial charge in [0.25, 0.3) is 0 Å². The molecule has 17 heavy (non-hydrogen) atoms. The largest absolute Gasteiger partial charge is 0.399 e. The monoisotopic (exact) mass is 238 g/mol. The summed E-state index contributed by atoms with van der Waals surface area (Å²) < 4.78 is 13.8. The third-order valence-electron chi connectivity index (χ3n) is 3.38. The van der Waals surface area contributed by atoms with Crippen LogP contribution in [0.4, 0.5) is 15.8 Å². The first kappa shape index (κ1) is 12.2. The highest BCUT2D eigenvalue weighted by Gasteiger charge is 2.25. The van der Waals surface area contributed by atoms with Crippen molar-refractivity contribution >= 4 is 11.4 Å². The van der Waals surface area contributed by atoms with E-state index in [0.29, 0.717) is 24.3 Å². The predicted molar refractivity (Wildman–Crippen MR) is 67.5 cm³/mol. The minimum atomic E-state index is -0.626. The third kappa shape index (κ3) is 2.88. The van der Waals surface area contributed by atoms with Gasteiger partial charge in [-0.1, -0.05) is 0 Å². The van der Waals surface area contributed by atoms with Crippen molar-refractivity contribution in [3.05, 3.63) is 24.0 Å². The van der Waals surface area contributed by atoms with Crippen molar-refractivity contribution in [3.8, 4) is 0 Å². The van der Waals surface area contributed by atoms with Gasteiger partial charge in [-0.05, 0) is 44.4 Å². The van der Waals surface area contributed by atoms with Crippen LogP contribution in [0.3, 0.4) is 0 Å². The molecule has 0 saturated carbocycles. The minimum Gasteiger partial charge on any atom is -0.399 e. The Hall–Kier alpha value is -1.29. The van der Waals surface area contributed by atoms with Crippen molar-refractivity contribution in [3.63, 3.8) is 0 Å². The molecule has 3 nitrogen and oxygen atoms in total. The SMILES string of the molecule is CC1(O)CCCN(c2ccc(N)cc2F)CC1. The number of anilines is 2. The number of aliphatic hydroxyl groups is 1. The number of nitrogens with two attached hydrogens (primary N) is 1. The maximum Gasteiger partial charge on any atom is 0.148 e. The van der Waals surface area contributed by atoms with Gasteiger partial charge in [0.1, 0.15) is 5.82 Å². The smallest absolute Gasteiger partial charge is 0.148 e. The Morgan fingerprint density at radius 2 is 2.12 bits per heavy atom. The summed E-state index contributed by atoms with van der Waals surface area (Å²) in [6, 6.07) is 4.77. The molecule has 4 heteroatoms. The Bertz CT molecular complexity index is 406. The lowest BCUT2D eigenvalue weighted by Crippen LogP contribution is -2.28. The van der Waals surface area contributed by atoms with Crippen molar-refractivity contribution < 1.29 is 9.50 Å². The summed E-state index contributed by atoms with van der Waals surface area (Å²) in [6.45, 7) is 3.29.